The quantitative estimate of drug-likeness (QED) is 0.154. The Kier molecular flexibility index (Phi) is 12.1. The van der Waals surface area contributed by atoms with Crippen LogP contribution in [0.25, 0.3) is 11.1 Å². The Morgan fingerprint density at radius 1 is 0.395 bits per heavy atom. The molecular weight excluding hydrogens is 918 g/mol. The normalized spacial score (nSPS) is 15.5. The van der Waals surface area contributed by atoms with E-state index in [0.717, 1.165) is 29.9 Å². The van der Waals surface area contributed by atoms with E-state index in [1.807, 2.05) is 0 Å². The van der Waals surface area contributed by atoms with Gasteiger partial charge in [0.15, 0.2) is 0 Å². The van der Waals surface area contributed by atoms with E-state index < -0.39 is 0 Å². The zero-order chi connectivity index (χ0) is 54.2. The van der Waals surface area contributed by atoms with E-state index in [1.165, 1.54) is 112 Å². The molecule has 11 rings (SSSR count). The predicted molar refractivity (Wildman–Crippen MR) is 331 cm³/mol. The van der Waals surface area contributed by atoms with Crippen LogP contribution in [0.15, 0.2) is 152 Å². The molecule has 8 aromatic rings. The van der Waals surface area contributed by atoms with E-state index in [4.69, 9.17) is 0 Å². The van der Waals surface area contributed by atoms with E-state index in [2.05, 4.69) is 284 Å². The number of para-hydroxylation sites is 1. The topological polar surface area (TPSA) is 9.72 Å². The van der Waals surface area contributed by atoms with Gasteiger partial charge in [-0.1, -0.05) is 187 Å². The highest BCUT2D eigenvalue weighted by Crippen LogP contribution is 2.53. The predicted octanol–water partition coefficient (Wildman–Crippen LogP) is 18.4. The van der Waals surface area contributed by atoms with Crippen LogP contribution in [-0.4, -0.2) is 6.71 Å². The molecule has 2 aliphatic heterocycles. The maximum absolute atomic E-state index is 2.72. The van der Waals surface area contributed by atoms with Gasteiger partial charge in [0.05, 0.1) is 11.4 Å². The van der Waals surface area contributed by atoms with Crippen molar-refractivity contribution < 1.29 is 0 Å². The van der Waals surface area contributed by atoms with Crippen LogP contribution < -0.4 is 31.1 Å². The van der Waals surface area contributed by atoms with Crippen LogP contribution >= 0.6 is 0 Å². The van der Waals surface area contributed by atoms with Crippen LogP contribution in [0.3, 0.4) is 0 Å². The van der Waals surface area contributed by atoms with E-state index in [9.17, 15) is 0 Å². The summed E-state index contributed by atoms with van der Waals surface area (Å²) in [6.07, 6.45) is 2.31. The molecule has 0 atom stereocenters. The second-order valence-corrected chi connectivity index (χ2v) is 27.2. The molecule has 0 radical (unpaired) electrons. The van der Waals surface area contributed by atoms with Crippen molar-refractivity contribution in [3.63, 3.8) is 0 Å². The molecule has 3 nitrogen and oxygen atoms in total. The Bertz CT molecular complexity index is 3550. The summed E-state index contributed by atoms with van der Waals surface area (Å²) in [6, 6.07) is 58.9. The summed E-state index contributed by atoms with van der Waals surface area (Å²) in [5.74, 6) is 0. The van der Waals surface area contributed by atoms with Gasteiger partial charge in [0.2, 0.25) is 0 Å². The van der Waals surface area contributed by atoms with Crippen molar-refractivity contribution in [3.8, 4) is 11.1 Å². The molecule has 0 amide bonds. The first-order valence-electron chi connectivity index (χ1n) is 28.1. The minimum atomic E-state index is -0.149. The zero-order valence-electron chi connectivity index (χ0n) is 48.8. The van der Waals surface area contributed by atoms with E-state index in [0.29, 0.717) is 0 Å². The van der Waals surface area contributed by atoms with E-state index in [-0.39, 0.29) is 33.8 Å². The number of hydrogen-bond donors (Lipinski definition) is 0. The summed E-state index contributed by atoms with van der Waals surface area (Å²) in [6.45, 7) is 40.3. The molecular formula is C72H80BN3. The monoisotopic (exact) mass is 998 g/mol. The van der Waals surface area contributed by atoms with Crippen LogP contribution in [0, 0.1) is 27.7 Å². The highest BCUT2D eigenvalue weighted by molar-refractivity contribution is 7.00. The van der Waals surface area contributed by atoms with Crippen molar-refractivity contribution in [1.82, 2.24) is 0 Å². The number of benzene rings is 8. The fourth-order valence-electron chi connectivity index (χ4n) is 13.0. The number of nitrogens with zero attached hydrogens (tertiary/aromatic N) is 3. The SMILES string of the molecule is Cc1cccc(C)c1N1c2cc(N(c3ccc(C(C)(C)C)cc3)c3cccc(-c4ccccc4)c3)ccc2B2c3cc4c(cc3N(c3c(C)cc(C(C)(C)C)cc3C)c3cc(C(C)(C)C)cc1c32)C(C)(C)CCC4(C)C. The summed E-state index contributed by atoms with van der Waals surface area (Å²) in [5, 5.41) is 0. The van der Waals surface area contributed by atoms with Crippen LogP contribution in [0.1, 0.15) is 153 Å². The summed E-state index contributed by atoms with van der Waals surface area (Å²) in [7, 11) is 0. The minimum absolute atomic E-state index is 0.0174. The molecule has 2 heterocycles. The Morgan fingerprint density at radius 2 is 0.868 bits per heavy atom. The lowest BCUT2D eigenvalue weighted by Crippen LogP contribution is -2.62. The van der Waals surface area contributed by atoms with Crippen molar-refractivity contribution in [2.24, 2.45) is 0 Å². The molecule has 0 spiro atoms. The number of anilines is 9. The molecule has 4 heteroatoms. The molecule has 386 valence electrons. The van der Waals surface area contributed by atoms with Crippen molar-refractivity contribution in [1.29, 1.82) is 0 Å². The third-order valence-electron chi connectivity index (χ3n) is 17.6. The van der Waals surface area contributed by atoms with Crippen LogP contribution in [0.4, 0.5) is 51.2 Å². The van der Waals surface area contributed by atoms with Crippen LogP contribution in [-0.2, 0) is 27.1 Å². The Balaban J connectivity index is 1.26. The third kappa shape index (κ3) is 8.59. The van der Waals surface area contributed by atoms with Crippen LogP contribution in [0.5, 0.6) is 0 Å². The zero-order valence-corrected chi connectivity index (χ0v) is 48.8. The van der Waals surface area contributed by atoms with Gasteiger partial charge in [0.1, 0.15) is 0 Å². The molecule has 0 saturated heterocycles. The summed E-state index contributed by atoms with van der Waals surface area (Å²) >= 11 is 0. The van der Waals surface area contributed by atoms with Crippen molar-refractivity contribution in [2.45, 2.75) is 158 Å². The second kappa shape index (κ2) is 17.9. The highest BCUT2D eigenvalue weighted by atomic mass is 15.2. The van der Waals surface area contributed by atoms with Gasteiger partial charge < -0.3 is 14.7 Å². The molecule has 0 fully saturated rings. The fourth-order valence-corrected chi connectivity index (χ4v) is 13.0. The lowest BCUT2D eigenvalue weighted by Gasteiger charge is -2.48. The Labute approximate surface area is 457 Å². The van der Waals surface area contributed by atoms with Gasteiger partial charge >= 0.3 is 0 Å². The molecule has 0 unspecified atom stereocenters. The Morgan fingerprint density at radius 3 is 1.43 bits per heavy atom. The van der Waals surface area contributed by atoms with Gasteiger partial charge in [-0.25, -0.2) is 0 Å². The largest absolute Gasteiger partial charge is 0.311 e. The van der Waals surface area contributed by atoms with Crippen molar-refractivity contribution >= 4 is 74.3 Å². The fraction of sp³-hybridized carbons (Fsp3) is 0.333. The average Bonchev–Trinajstić information content (AvgIpc) is 3.35. The number of rotatable bonds is 6. The first-order chi connectivity index (χ1) is 35.7. The molecule has 3 aliphatic rings. The summed E-state index contributed by atoms with van der Waals surface area (Å²) in [4.78, 5) is 7.88. The van der Waals surface area contributed by atoms with Gasteiger partial charge in [-0.15, -0.1) is 0 Å². The number of fused-ring (bicyclic) bond motifs is 5. The molecule has 0 N–H and O–H groups in total. The van der Waals surface area contributed by atoms with Gasteiger partial charge in [0.25, 0.3) is 6.71 Å². The molecule has 8 aromatic carbocycles. The Hall–Kier alpha value is -6.78. The van der Waals surface area contributed by atoms with E-state index >= 15 is 0 Å². The first kappa shape index (κ1) is 51.3. The lowest BCUT2D eigenvalue weighted by molar-refractivity contribution is 0.332. The molecule has 0 bridgehead atoms. The smallest absolute Gasteiger partial charge is 0.252 e. The molecule has 76 heavy (non-hydrogen) atoms. The molecule has 1 aliphatic carbocycles. The first-order valence-corrected chi connectivity index (χ1v) is 28.1. The second-order valence-electron chi connectivity index (χ2n) is 27.2. The summed E-state index contributed by atoms with van der Waals surface area (Å²) < 4.78 is 0. The molecule has 0 saturated carbocycles. The van der Waals surface area contributed by atoms with Gasteiger partial charge in [0, 0.05) is 39.8 Å². The highest BCUT2D eigenvalue weighted by Gasteiger charge is 2.48. The van der Waals surface area contributed by atoms with Gasteiger partial charge in [-0.2, -0.15) is 0 Å². The summed E-state index contributed by atoms with van der Waals surface area (Å²) in [5.41, 5.74) is 29.5. The van der Waals surface area contributed by atoms with Gasteiger partial charge in [-0.3, -0.25) is 0 Å². The lowest BCUT2D eigenvalue weighted by atomic mass is 9.33. The maximum atomic E-state index is 2.72. The number of aryl methyl sites for hydroxylation is 4. The average molecular weight is 998 g/mol. The van der Waals surface area contributed by atoms with Crippen LogP contribution in [0.2, 0.25) is 0 Å². The van der Waals surface area contributed by atoms with E-state index in [1.54, 1.807) is 0 Å². The maximum Gasteiger partial charge on any atom is 0.252 e. The van der Waals surface area contributed by atoms with Gasteiger partial charge in [-0.05, 0) is 200 Å². The van der Waals surface area contributed by atoms with Crippen molar-refractivity contribution in [3.05, 3.63) is 202 Å². The third-order valence-corrected chi connectivity index (χ3v) is 17.6. The minimum Gasteiger partial charge on any atom is -0.311 e. The standard InChI is InChI=1S/C72H80BN3/c1-45-23-21-24-46(2)66(45)75-61-42-56(74(54-31-29-51(30-32-54)68(5,6)7)55-28-22-27-50(39-55)49-25-19-18-20-26-49)33-34-59(61)73-60-43-57-58(72(16,17)36-35-71(57,14)15)44-62(60)76(64-41-53(70(11,12)13)40-63(75)65(64)73)67-47(3)37-52(38-48(67)4)69(8,9)10/h18-34,37-44H,35-36H2,1-17H3. The number of hydrogen-bond acceptors (Lipinski definition) is 3. The van der Waals surface area contributed by atoms with Crippen molar-refractivity contribution in [2.75, 3.05) is 14.7 Å². The molecule has 0 aromatic heterocycles.